The number of aliphatic hydroxyl groups excluding tert-OH is 1. The zero-order chi connectivity index (χ0) is 12.5. The standard InChI is InChI=1S/C12H21NO3/c1-8(2)9(7-14)13-10(15)5-12(3,4)6-11(13)16/h8-9,14H,5-7H2,1-4H3. The first-order valence-electron chi connectivity index (χ1n) is 5.74. The van der Waals surface area contributed by atoms with E-state index in [1.807, 2.05) is 27.7 Å². The van der Waals surface area contributed by atoms with Gasteiger partial charge in [0.25, 0.3) is 0 Å². The molecule has 1 aliphatic heterocycles. The predicted octanol–water partition coefficient (Wildman–Crippen LogP) is 1.18. The highest BCUT2D eigenvalue weighted by Gasteiger charge is 2.41. The van der Waals surface area contributed by atoms with Gasteiger partial charge < -0.3 is 5.11 Å². The largest absolute Gasteiger partial charge is 0.394 e. The lowest BCUT2D eigenvalue weighted by Gasteiger charge is -2.39. The minimum Gasteiger partial charge on any atom is -0.394 e. The second-order valence-electron chi connectivity index (χ2n) is 5.67. The van der Waals surface area contributed by atoms with E-state index >= 15 is 0 Å². The zero-order valence-corrected chi connectivity index (χ0v) is 10.5. The average Bonchev–Trinajstić information content (AvgIpc) is 2.08. The Morgan fingerprint density at radius 2 is 1.69 bits per heavy atom. The van der Waals surface area contributed by atoms with E-state index in [9.17, 15) is 14.7 Å². The molecule has 1 aliphatic rings. The fourth-order valence-corrected chi connectivity index (χ4v) is 2.15. The van der Waals surface area contributed by atoms with Gasteiger partial charge in [0.2, 0.25) is 11.8 Å². The maximum Gasteiger partial charge on any atom is 0.230 e. The summed E-state index contributed by atoms with van der Waals surface area (Å²) in [7, 11) is 0. The molecule has 0 radical (unpaired) electrons. The highest BCUT2D eigenvalue weighted by Crippen LogP contribution is 2.33. The molecule has 1 N–H and O–H groups in total. The summed E-state index contributed by atoms with van der Waals surface area (Å²) in [5.41, 5.74) is -0.248. The number of carbonyl (C=O) groups excluding carboxylic acids is 2. The van der Waals surface area contributed by atoms with Crippen molar-refractivity contribution in [1.29, 1.82) is 0 Å². The number of carbonyl (C=O) groups is 2. The van der Waals surface area contributed by atoms with Crippen LogP contribution in [0.3, 0.4) is 0 Å². The number of piperidine rings is 1. The summed E-state index contributed by atoms with van der Waals surface area (Å²) < 4.78 is 0. The molecule has 0 bridgehead atoms. The molecular formula is C12H21NO3. The molecule has 4 heteroatoms. The first-order valence-corrected chi connectivity index (χ1v) is 5.74. The van der Waals surface area contributed by atoms with Crippen LogP contribution in [0.15, 0.2) is 0 Å². The van der Waals surface area contributed by atoms with Crippen LogP contribution in [0.25, 0.3) is 0 Å². The molecule has 2 amide bonds. The highest BCUT2D eigenvalue weighted by molar-refractivity contribution is 5.98. The Morgan fingerprint density at radius 3 is 2.00 bits per heavy atom. The first kappa shape index (κ1) is 13.2. The molecular weight excluding hydrogens is 206 g/mol. The second-order valence-corrected chi connectivity index (χ2v) is 5.67. The maximum atomic E-state index is 11.9. The van der Waals surface area contributed by atoms with Crippen molar-refractivity contribution in [2.24, 2.45) is 11.3 Å². The molecule has 4 nitrogen and oxygen atoms in total. The molecule has 1 rings (SSSR count). The van der Waals surface area contributed by atoms with Gasteiger partial charge in [0, 0.05) is 12.8 Å². The van der Waals surface area contributed by atoms with E-state index < -0.39 is 0 Å². The minimum atomic E-state index is -0.379. The van der Waals surface area contributed by atoms with E-state index in [4.69, 9.17) is 0 Å². The lowest BCUT2D eigenvalue weighted by molar-refractivity contribution is -0.157. The van der Waals surface area contributed by atoms with Crippen LogP contribution in [-0.2, 0) is 9.59 Å². The van der Waals surface area contributed by atoms with Crippen LogP contribution in [0.4, 0.5) is 0 Å². The van der Waals surface area contributed by atoms with Crippen LogP contribution in [-0.4, -0.2) is 34.5 Å². The van der Waals surface area contributed by atoms with Crippen molar-refractivity contribution < 1.29 is 14.7 Å². The third kappa shape index (κ3) is 2.61. The van der Waals surface area contributed by atoms with Crippen LogP contribution in [0.5, 0.6) is 0 Å². The molecule has 1 heterocycles. The smallest absolute Gasteiger partial charge is 0.230 e. The van der Waals surface area contributed by atoms with Crippen molar-refractivity contribution >= 4 is 11.8 Å². The number of hydrogen-bond donors (Lipinski definition) is 1. The number of aliphatic hydroxyl groups is 1. The molecule has 0 saturated carbocycles. The molecule has 1 unspecified atom stereocenters. The summed E-state index contributed by atoms with van der Waals surface area (Å²) in [6.07, 6.45) is 0.754. The lowest BCUT2D eigenvalue weighted by Crippen LogP contribution is -2.54. The number of hydrogen-bond acceptors (Lipinski definition) is 3. The summed E-state index contributed by atoms with van der Waals surface area (Å²) in [6, 6.07) is -0.379. The van der Waals surface area contributed by atoms with Gasteiger partial charge in [-0.2, -0.15) is 0 Å². The first-order chi connectivity index (χ1) is 7.28. The Bertz CT molecular complexity index is 277. The van der Waals surface area contributed by atoms with E-state index in [1.54, 1.807) is 0 Å². The normalized spacial score (nSPS) is 22.8. The van der Waals surface area contributed by atoms with Gasteiger partial charge in [0.05, 0.1) is 12.6 Å². The van der Waals surface area contributed by atoms with Crippen molar-refractivity contribution in [2.45, 2.75) is 46.6 Å². The van der Waals surface area contributed by atoms with E-state index in [0.717, 1.165) is 0 Å². The van der Waals surface area contributed by atoms with Gasteiger partial charge in [-0.1, -0.05) is 27.7 Å². The third-order valence-corrected chi connectivity index (χ3v) is 3.09. The molecule has 16 heavy (non-hydrogen) atoms. The van der Waals surface area contributed by atoms with Gasteiger partial charge in [-0.05, 0) is 11.3 Å². The van der Waals surface area contributed by atoms with Crippen LogP contribution in [0.1, 0.15) is 40.5 Å². The Kier molecular flexibility index (Phi) is 3.73. The maximum absolute atomic E-state index is 11.9. The molecule has 0 spiro atoms. The van der Waals surface area contributed by atoms with Crippen LogP contribution < -0.4 is 0 Å². The van der Waals surface area contributed by atoms with Gasteiger partial charge in [0.1, 0.15) is 0 Å². The minimum absolute atomic E-state index is 0.0825. The summed E-state index contributed by atoms with van der Waals surface area (Å²) in [4.78, 5) is 25.1. The number of likely N-dealkylation sites (tertiary alicyclic amines) is 1. The summed E-state index contributed by atoms with van der Waals surface area (Å²) in [5.74, 6) is -0.234. The molecule has 1 saturated heterocycles. The topological polar surface area (TPSA) is 57.6 Å². The molecule has 0 aliphatic carbocycles. The number of amides is 2. The summed E-state index contributed by atoms with van der Waals surface area (Å²) in [6.45, 7) is 7.49. The average molecular weight is 227 g/mol. The fourth-order valence-electron chi connectivity index (χ4n) is 2.15. The van der Waals surface area contributed by atoms with Crippen molar-refractivity contribution in [3.05, 3.63) is 0 Å². The van der Waals surface area contributed by atoms with Crippen molar-refractivity contribution in [3.63, 3.8) is 0 Å². The Balaban J connectivity index is 2.89. The Hall–Kier alpha value is -0.900. The highest BCUT2D eigenvalue weighted by atomic mass is 16.3. The summed E-state index contributed by atoms with van der Waals surface area (Å²) >= 11 is 0. The predicted molar refractivity (Wildman–Crippen MR) is 60.6 cm³/mol. The number of nitrogens with zero attached hydrogens (tertiary/aromatic N) is 1. The quantitative estimate of drug-likeness (QED) is 0.736. The van der Waals surface area contributed by atoms with E-state index in [-0.39, 0.29) is 35.8 Å². The van der Waals surface area contributed by atoms with E-state index in [0.29, 0.717) is 12.8 Å². The third-order valence-electron chi connectivity index (χ3n) is 3.09. The molecule has 92 valence electrons. The zero-order valence-electron chi connectivity index (χ0n) is 10.5. The van der Waals surface area contributed by atoms with Gasteiger partial charge in [-0.15, -0.1) is 0 Å². The van der Waals surface area contributed by atoms with E-state index in [2.05, 4.69) is 0 Å². The fraction of sp³-hybridized carbons (Fsp3) is 0.833. The van der Waals surface area contributed by atoms with Gasteiger partial charge in [0.15, 0.2) is 0 Å². The number of rotatable bonds is 3. The molecule has 0 aromatic heterocycles. The van der Waals surface area contributed by atoms with Crippen LogP contribution >= 0.6 is 0 Å². The van der Waals surface area contributed by atoms with Crippen molar-refractivity contribution in [2.75, 3.05) is 6.61 Å². The molecule has 1 atom stereocenters. The van der Waals surface area contributed by atoms with Gasteiger partial charge in [-0.25, -0.2) is 0 Å². The molecule has 0 aromatic carbocycles. The molecule has 0 aromatic rings. The van der Waals surface area contributed by atoms with Gasteiger partial charge in [-0.3, -0.25) is 14.5 Å². The van der Waals surface area contributed by atoms with Crippen LogP contribution in [0, 0.1) is 11.3 Å². The van der Waals surface area contributed by atoms with Crippen LogP contribution in [0.2, 0.25) is 0 Å². The lowest BCUT2D eigenvalue weighted by atomic mass is 9.81. The van der Waals surface area contributed by atoms with Crippen molar-refractivity contribution in [1.82, 2.24) is 4.90 Å². The second kappa shape index (κ2) is 4.53. The number of imide groups is 1. The van der Waals surface area contributed by atoms with Crippen molar-refractivity contribution in [3.8, 4) is 0 Å². The molecule has 1 fully saturated rings. The Morgan fingerprint density at radius 1 is 1.25 bits per heavy atom. The van der Waals surface area contributed by atoms with Gasteiger partial charge >= 0.3 is 0 Å². The Labute approximate surface area is 96.6 Å². The monoisotopic (exact) mass is 227 g/mol. The SMILES string of the molecule is CC(C)C(CO)N1C(=O)CC(C)(C)CC1=O. The van der Waals surface area contributed by atoms with E-state index in [1.165, 1.54) is 4.90 Å². The summed E-state index contributed by atoms with van der Waals surface area (Å²) in [5, 5.41) is 9.27.